The summed E-state index contributed by atoms with van der Waals surface area (Å²) in [5.41, 5.74) is 15.3. The highest BCUT2D eigenvalue weighted by atomic mass is 16.3. The van der Waals surface area contributed by atoms with Crippen LogP contribution < -0.4 is 9.80 Å². The summed E-state index contributed by atoms with van der Waals surface area (Å²) in [6.07, 6.45) is 4.36. The standard InChI is InChI=1S/C56H40N2O/c1-5-13-43(14-6-1)45-26-32-50(33-27-45)57(47-17-9-3-10-18-47)49-30-23-41(24-31-49)21-22-42-25-37-55-53(39-42)54-40-52(36-38-56(54)59-55)58(48-19-11-4-12-20-48)51-34-28-46(29-35-51)44-15-7-2-8-16-44/h1-40H/b22-21+. The van der Waals surface area contributed by atoms with Gasteiger partial charge in [-0.05, 0) is 124 Å². The van der Waals surface area contributed by atoms with Crippen LogP contribution >= 0.6 is 0 Å². The average Bonchev–Trinajstić information content (AvgIpc) is 3.68. The van der Waals surface area contributed by atoms with Crippen molar-refractivity contribution in [3.8, 4) is 22.3 Å². The molecule has 1 heterocycles. The second-order valence-corrected chi connectivity index (χ2v) is 14.6. The molecule has 0 radical (unpaired) electrons. The van der Waals surface area contributed by atoms with Crippen molar-refractivity contribution in [2.45, 2.75) is 0 Å². The molecule has 0 saturated heterocycles. The van der Waals surface area contributed by atoms with E-state index >= 15 is 0 Å². The smallest absolute Gasteiger partial charge is 0.135 e. The third-order valence-corrected chi connectivity index (χ3v) is 10.8. The number of hydrogen-bond acceptors (Lipinski definition) is 3. The molecule has 9 aromatic carbocycles. The molecular formula is C56H40N2O. The minimum Gasteiger partial charge on any atom is -0.456 e. The predicted molar refractivity (Wildman–Crippen MR) is 249 cm³/mol. The van der Waals surface area contributed by atoms with Crippen LogP contribution in [-0.2, 0) is 0 Å². The third-order valence-electron chi connectivity index (χ3n) is 10.8. The summed E-state index contributed by atoms with van der Waals surface area (Å²) in [5.74, 6) is 0. The molecule has 59 heavy (non-hydrogen) atoms. The Kier molecular flexibility index (Phi) is 9.59. The van der Waals surface area contributed by atoms with Gasteiger partial charge in [0.25, 0.3) is 0 Å². The number of hydrogen-bond donors (Lipinski definition) is 0. The molecule has 0 aliphatic heterocycles. The molecule has 0 spiro atoms. The fourth-order valence-electron chi connectivity index (χ4n) is 7.87. The fourth-order valence-corrected chi connectivity index (χ4v) is 7.87. The van der Waals surface area contributed by atoms with Gasteiger partial charge in [-0.2, -0.15) is 0 Å². The van der Waals surface area contributed by atoms with Crippen LogP contribution in [0.1, 0.15) is 11.1 Å². The van der Waals surface area contributed by atoms with Gasteiger partial charge in [-0.1, -0.05) is 152 Å². The summed E-state index contributed by atoms with van der Waals surface area (Å²) < 4.78 is 6.37. The van der Waals surface area contributed by atoms with E-state index in [4.69, 9.17) is 4.42 Å². The van der Waals surface area contributed by atoms with Gasteiger partial charge in [0.2, 0.25) is 0 Å². The molecular weight excluding hydrogens is 717 g/mol. The van der Waals surface area contributed by atoms with E-state index in [1.807, 2.05) is 0 Å². The lowest BCUT2D eigenvalue weighted by atomic mass is 10.0. The number of benzene rings is 9. The second kappa shape index (κ2) is 15.9. The number of fused-ring (bicyclic) bond motifs is 3. The van der Waals surface area contributed by atoms with E-state index in [9.17, 15) is 0 Å². The summed E-state index contributed by atoms with van der Waals surface area (Å²) in [6, 6.07) is 81.3. The molecule has 0 unspecified atom stereocenters. The van der Waals surface area contributed by atoms with Crippen molar-refractivity contribution in [1.29, 1.82) is 0 Å². The van der Waals surface area contributed by atoms with E-state index in [2.05, 4.69) is 252 Å². The Hall–Kier alpha value is -7.88. The van der Waals surface area contributed by atoms with E-state index in [1.54, 1.807) is 0 Å². The lowest BCUT2D eigenvalue weighted by molar-refractivity contribution is 0.669. The van der Waals surface area contributed by atoms with E-state index in [0.717, 1.165) is 67.2 Å². The fraction of sp³-hybridized carbons (Fsp3) is 0. The van der Waals surface area contributed by atoms with Crippen LogP contribution in [-0.4, -0.2) is 0 Å². The van der Waals surface area contributed by atoms with Crippen molar-refractivity contribution in [1.82, 2.24) is 0 Å². The first-order valence-corrected chi connectivity index (χ1v) is 20.0. The number of anilines is 6. The van der Waals surface area contributed by atoms with Gasteiger partial charge >= 0.3 is 0 Å². The summed E-state index contributed by atoms with van der Waals surface area (Å²) in [4.78, 5) is 4.60. The molecule has 10 rings (SSSR count). The van der Waals surface area contributed by atoms with Gasteiger partial charge in [-0.15, -0.1) is 0 Å². The highest BCUT2D eigenvalue weighted by molar-refractivity contribution is 6.07. The normalized spacial score (nSPS) is 11.3. The van der Waals surface area contributed by atoms with E-state index < -0.39 is 0 Å². The van der Waals surface area contributed by atoms with Crippen LogP contribution in [0, 0.1) is 0 Å². The molecule has 0 saturated carbocycles. The molecule has 10 aromatic rings. The van der Waals surface area contributed by atoms with Crippen molar-refractivity contribution in [2.24, 2.45) is 0 Å². The second-order valence-electron chi connectivity index (χ2n) is 14.6. The first-order chi connectivity index (χ1) is 29.2. The molecule has 0 amide bonds. The molecule has 1 aromatic heterocycles. The molecule has 280 valence electrons. The van der Waals surface area contributed by atoms with E-state index in [1.165, 1.54) is 22.3 Å². The highest BCUT2D eigenvalue weighted by Crippen LogP contribution is 2.40. The van der Waals surface area contributed by atoms with Gasteiger partial charge in [0.1, 0.15) is 11.2 Å². The first-order valence-electron chi connectivity index (χ1n) is 20.0. The van der Waals surface area contributed by atoms with Gasteiger partial charge in [-0.25, -0.2) is 0 Å². The van der Waals surface area contributed by atoms with Crippen LogP contribution in [0.25, 0.3) is 56.3 Å². The Bertz CT molecular complexity index is 2990. The maximum atomic E-state index is 6.37. The van der Waals surface area contributed by atoms with Crippen LogP contribution in [0.3, 0.4) is 0 Å². The van der Waals surface area contributed by atoms with E-state index in [0.29, 0.717) is 0 Å². The van der Waals surface area contributed by atoms with Crippen molar-refractivity contribution in [3.05, 3.63) is 242 Å². The Balaban J connectivity index is 0.938. The van der Waals surface area contributed by atoms with Crippen molar-refractivity contribution in [2.75, 3.05) is 9.80 Å². The first kappa shape index (κ1) is 35.5. The Labute approximate surface area is 345 Å². The number of furan rings is 1. The van der Waals surface area contributed by atoms with Gasteiger partial charge in [0, 0.05) is 44.9 Å². The lowest BCUT2D eigenvalue weighted by Gasteiger charge is -2.25. The molecule has 0 aliphatic rings. The maximum Gasteiger partial charge on any atom is 0.135 e. The zero-order valence-electron chi connectivity index (χ0n) is 32.4. The highest BCUT2D eigenvalue weighted by Gasteiger charge is 2.16. The van der Waals surface area contributed by atoms with Gasteiger partial charge in [0.15, 0.2) is 0 Å². The summed E-state index contributed by atoms with van der Waals surface area (Å²) >= 11 is 0. The van der Waals surface area contributed by atoms with Gasteiger partial charge in [0.05, 0.1) is 0 Å². The predicted octanol–water partition coefficient (Wildman–Crippen LogP) is 16.0. The molecule has 0 N–H and O–H groups in total. The Morgan fingerprint density at radius 1 is 0.271 bits per heavy atom. The number of nitrogens with zero attached hydrogens (tertiary/aromatic N) is 2. The minimum absolute atomic E-state index is 0.866. The Morgan fingerprint density at radius 3 is 1.12 bits per heavy atom. The maximum absolute atomic E-state index is 6.37. The third kappa shape index (κ3) is 7.41. The van der Waals surface area contributed by atoms with Crippen LogP contribution in [0.2, 0.25) is 0 Å². The number of rotatable bonds is 10. The summed E-state index contributed by atoms with van der Waals surface area (Å²) in [7, 11) is 0. The van der Waals surface area contributed by atoms with Crippen molar-refractivity contribution < 1.29 is 4.42 Å². The van der Waals surface area contributed by atoms with Crippen LogP contribution in [0.15, 0.2) is 235 Å². The molecule has 3 nitrogen and oxygen atoms in total. The molecule has 3 heteroatoms. The van der Waals surface area contributed by atoms with E-state index in [-0.39, 0.29) is 0 Å². The average molecular weight is 757 g/mol. The van der Waals surface area contributed by atoms with Gasteiger partial charge in [-0.3, -0.25) is 0 Å². The van der Waals surface area contributed by atoms with Crippen molar-refractivity contribution in [3.63, 3.8) is 0 Å². The molecule has 0 atom stereocenters. The quantitative estimate of drug-likeness (QED) is 0.130. The topological polar surface area (TPSA) is 19.6 Å². The number of para-hydroxylation sites is 2. The SMILES string of the molecule is C(=C\c1ccc2oc3ccc(N(c4ccccc4)c4ccc(-c5ccccc5)cc4)cc3c2c1)/c1ccc(N(c2ccccc2)c2ccc(-c3ccccc3)cc2)cc1. The largest absolute Gasteiger partial charge is 0.456 e. The molecule has 0 bridgehead atoms. The minimum atomic E-state index is 0.866. The Morgan fingerprint density at radius 2 is 0.610 bits per heavy atom. The van der Waals surface area contributed by atoms with Crippen LogP contribution in [0.5, 0.6) is 0 Å². The van der Waals surface area contributed by atoms with Crippen LogP contribution in [0.4, 0.5) is 34.1 Å². The summed E-state index contributed by atoms with van der Waals surface area (Å²) in [6.45, 7) is 0. The lowest BCUT2D eigenvalue weighted by Crippen LogP contribution is -2.09. The van der Waals surface area contributed by atoms with Crippen molar-refractivity contribution >= 4 is 68.2 Å². The molecule has 0 aliphatic carbocycles. The molecule has 0 fully saturated rings. The summed E-state index contributed by atoms with van der Waals surface area (Å²) in [5, 5.41) is 2.17. The zero-order chi connectivity index (χ0) is 39.4. The monoisotopic (exact) mass is 756 g/mol. The van der Waals surface area contributed by atoms with Gasteiger partial charge < -0.3 is 14.2 Å². The zero-order valence-corrected chi connectivity index (χ0v) is 32.4.